The number of fused-ring (bicyclic) bond motifs is 2. The third kappa shape index (κ3) is 6.69. The van der Waals surface area contributed by atoms with E-state index in [1.54, 1.807) is 18.3 Å². The second-order valence-electron chi connectivity index (χ2n) is 11.6. The minimum absolute atomic E-state index is 0.0396. The van der Waals surface area contributed by atoms with Crippen molar-refractivity contribution < 1.29 is 31.5 Å². The van der Waals surface area contributed by atoms with Gasteiger partial charge in [-0.05, 0) is 73.3 Å². The summed E-state index contributed by atoms with van der Waals surface area (Å²) in [6.45, 7) is 8.20. The molecule has 0 aliphatic carbocycles. The van der Waals surface area contributed by atoms with Crippen molar-refractivity contribution in [2.75, 3.05) is 36.3 Å². The number of nitrogens with zero attached hydrogens (tertiary/aromatic N) is 3. The van der Waals surface area contributed by atoms with Crippen LogP contribution in [-0.4, -0.2) is 61.5 Å². The summed E-state index contributed by atoms with van der Waals surface area (Å²) in [4.78, 5) is 22.8. The topological polar surface area (TPSA) is 123 Å². The maximum absolute atomic E-state index is 16.1. The minimum atomic E-state index is -4.51. The molecular formula is C33H34ClF2N5O5S. The molecule has 1 aromatic heterocycles. The van der Waals surface area contributed by atoms with Crippen molar-refractivity contribution in [3.8, 4) is 16.9 Å². The number of carbonyl (C=O) groups excluding carboxylic acids is 1. The van der Waals surface area contributed by atoms with Crippen molar-refractivity contribution in [3.05, 3.63) is 70.4 Å². The summed E-state index contributed by atoms with van der Waals surface area (Å²) >= 11 is 6.21. The van der Waals surface area contributed by atoms with Gasteiger partial charge in [0.2, 0.25) is 5.95 Å². The van der Waals surface area contributed by atoms with E-state index >= 15 is 8.78 Å². The van der Waals surface area contributed by atoms with E-state index < -0.39 is 45.0 Å². The van der Waals surface area contributed by atoms with Crippen LogP contribution >= 0.6 is 11.6 Å². The molecule has 47 heavy (non-hydrogen) atoms. The van der Waals surface area contributed by atoms with Crippen molar-refractivity contribution in [3.63, 3.8) is 0 Å². The number of nitrogens with one attached hydrogen (secondary N) is 2. The lowest BCUT2D eigenvalue weighted by atomic mass is 9.97. The first-order valence-corrected chi connectivity index (χ1v) is 17.3. The van der Waals surface area contributed by atoms with Crippen molar-refractivity contribution in [2.24, 2.45) is 0 Å². The molecule has 2 aliphatic rings. The van der Waals surface area contributed by atoms with Crippen molar-refractivity contribution in [1.82, 2.24) is 14.9 Å². The molecular weight excluding hydrogens is 652 g/mol. The predicted molar refractivity (Wildman–Crippen MR) is 175 cm³/mol. The SMILES string of the molecule is CCc1cc(-c2c(F)ccc(NS(=O)(=O)c3cc(Cl)cc4c3OC[C@H]4OC(C)=O)c2F)cc2cnc(NC3CCN(CC)CC3)nc12. The summed E-state index contributed by atoms with van der Waals surface area (Å²) in [5, 5.41) is 4.06. The van der Waals surface area contributed by atoms with Gasteiger partial charge in [-0.2, -0.15) is 0 Å². The third-order valence-corrected chi connectivity index (χ3v) is 10.1. The second kappa shape index (κ2) is 13.2. The van der Waals surface area contributed by atoms with E-state index in [4.69, 9.17) is 26.1 Å². The fourth-order valence-corrected chi connectivity index (χ4v) is 7.65. The monoisotopic (exact) mass is 685 g/mol. The van der Waals surface area contributed by atoms with E-state index in [0.29, 0.717) is 23.3 Å². The minimum Gasteiger partial charge on any atom is -0.487 e. The highest BCUT2D eigenvalue weighted by molar-refractivity contribution is 7.92. The summed E-state index contributed by atoms with van der Waals surface area (Å²) < 4.78 is 71.6. The van der Waals surface area contributed by atoms with E-state index in [-0.39, 0.29) is 39.4 Å². The molecule has 10 nitrogen and oxygen atoms in total. The molecule has 1 saturated heterocycles. The number of benzene rings is 3. The number of likely N-dealkylation sites (tertiary alicyclic amines) is 1. The zero-order valence-electron chi connectivity index (χ0n) is 26.1. The highest BCUT2D eigenvalue weighted by Gasteiger charge is 2.34. The Morgan fingerprint density at radius 2 is 1.91 bits per heavy atom. The number of rotatable bonds is 9. The van der Waals surface area contributed by atoms with Gasteiger partial charge in [0.1, 0.15) is 23.1 Å². The predicted octanol–water partition coefficient (Wildman–Crippen LogP) is 6.48. The normalized spacial score (nSPS) is 16.9. The van der Waals surface area contributed by atoms with Gasteiger partial charge in [0, 0.05) is 48.2 Å². The van der Waals surface area contributed by atoms with Crippen LogP contribution in [0.4, 0.5) is 20.4 Å². The maximum Gasteiger partial charge on any atom is 0.303 e. The number of sulfonamides is 1. The van der Waals surface area contributed by atoms with Gasteiger partial charge in [-0.25, -0.2) is 27.2 Å². The van der Waals surface area contributed by atoms with Gasteiger partial charge in [-0.1, -0.05) is 25.4 Å². The standard InChI is InChI=1S/C33H34ClF2N5O5S/c1-4-19-12-20(13-21-16-37-33(39-31(19)21)38-23-8-10-41(5-2)11-9-23)29-25(35)6-7-26(30(29)36)40-47(43,44)28-15-22(34)14-24-27(46-18(3)42)17-45-32(24)28/h6-7,12-16,23,27,40H,4-5,8-11,17H2,1-3H3,(H,37,38,39)/t27-/m1/s1. The highest BCUT2D eigenvalue weighted by atomic mass is 35.5. The Labute approximate surface area is 276 Å². The first-order valence-electron chi connectivity index (χ1n) is 15.4. The fraction of sp³-hybridized carbons (Fsp3) is 0.364. The number of aryl methyl sites for hydroxylation is 1. The lowest BCUT2D eigenvalue weighted by Gasteiger charge is -2.31. The van der Waals surface area contributed by atoms with Crippen LogP contribution in [0.3, 0.4) is 0 Å². The molecule has 0 spiro atoms. The van der Waals surface area contributed by atoms with Crippen LogP contribution in [0.5, 0.6) is 5.75 Å². The molecule has 3 heterocycles. The highest BCUT2D eigenvalue weighted by Crippen LogP contribution is 2.43. The Morgan fingerprint density at radius 1 is 1.15 bits per heavy atom. The van der Waals surface area contributed by atoms with Crippen LogP contribution in [0.15, 0.2) is 47.5 Å². The van der Waals surface area contributed by atoms with E-state index in [2.05, 4.69) is 26.8 Å². The molecule has 14 heteroatoms. The van der Waals surface area contributed by atoms with Crippen molar-refractivity contribution in [2.45, 2.75) is 57.1 Å². The summed E-state index contributed by atoms with van der Waals surface area (Å²) in [6, 6.07) is 8.09. The molecule has 1 fully saturated rings. The molecule has 0 saturated carbocycles. The van der Waals surface area contributed by atoms with Crippen molar-refractivity contribution in [1.29, 1.82) is 0 Å². The molecule has 6 rings (SSSR count). The number of hydrogen-bond donors (Lipinski definition) is 2. The number of piperidine rings is 1. The zero-order valence-corrected chi connectivity index (χ0v) is 27.6. The summed E-state index contributed by atoms with van der Waals surface area (Å²) in [7, 11) is -4.51. The van der Waals surface area contributed by atoms with E-state index in [0.717, 1.165) is 56.2 Å². The molecule has 0 unspecified atom stereocenters. The lowest BCUT2D eigenvalue weighted by molar-refractivity contribution is -0.147. The summed E-state index contributed by atoms with van der Waals surface area (Å²) in [5.41, 5.74) is 1.00. The molecule has 1 atom stereocenters. The number of esters is 1. The van der Waals surface area contributed by atoms with Crippen LogP contribution < -0.4 is 14.8 Å². The molecule has 248 valence electrons. The third-order valence-electron chi connectivity index (χ3n) is 8.51. The van der Waals surface area contributed by atoms with Gasteiger partial charge in [0.05, 0.1) is 16.8 Å². The number of carbonyl (C=O) groups is 1. The molecule has 4 aromatic rings. The average Bonchev–Trinajstić information content (AvgIpc) is 3.43. The van der Waals surface area contributed by atoms with Crippen LogP contribution in [0.25, 0.3) is 22.0 Å². The molecule has 0 bridgehead atoms. The zero-order chi connectivity index (χ0) is 33.5. The smallest absolute Gasteiger partial charge is 0.303 e. The fourth-order valence-electron chi connectivity index (χ4n) is 6.10. The Hall–Kier alpha value is -4.07. The van der Waals surface area contributed by atoms with E-state index in [1.165, 1.54) is 13.0 Å². The van der Waals surface area contributed by atoms with Gasteiger partial charge >= 0.3 is 5.97 Å². The number of aromatic nitrogens is 2. The summed E-state index contributed by atoms with van der Waals surface area (Å²) in [5.74, 6) is -2.13. The number of anilines is 2. The van der Waals surface area contributed by atoms with Crippen molar-refractivity contribution >= 4 is 50.1 Å². The van der Waals surface area contributed by atoms with Crippen LogP contribution in [0.1, 0.15) is 50.8 Å². The lowest BCUT2D eigenvalue weighted by Crippen LogP contribution is -2.39. The Morgan fingerprint density at radius 3 is 2.62 bits per heavy atom. The molecule has 2 aliphatic heterocycles. The molecule has 3 aromatic carbocycles. The van der Waals surface area contributed by atoms with E-state index in [1.807, 2.05) is 6.92 Å². The largest absolute Gasteiger partial charge is 0.487 e. The second-order valence-corrected chi connectivity index (χ2v) is 13.7. The molecule has 2 N–H and O–H groups in total. The summed E-state index contributed by atoms with van der Waals surface area (Å²) in [6.07, 6.45) is 3.25. The first-order chi connectivity index (χ1) is 22.5. The molecule has 0 amide bonds. The Balaban J connectivity index is 1.31. The average molecular weight is 686 g/mol. The van der Waals surface area contributed by atoms with Gasteiger partial charge < -0.3 is 19.7 Å². The first kappa shape index (κ1) is 32.9. The van der Waals surface area contributed by atoms with Gasteiger partial charge in [-0.15, -0.1) is 0 Å². The maximum atomic E-state index is 16.1. The number of hydrogen-bond acceptors (Lipinski definition) is 9. The van der Waals surface area contributed by atoms with Crippen LogP contribution in [0, 0.1) is 11.6 Å². The van der Waals surface area contributed by atoms with Gasteiger partial charge in [-0.3, -0.25) is 9.52 Å². The number of halogens is 3. The van der Waals surface area contributed by atoms with Crippen LogP contribution in [0.2, 0.25) is 5.02 Å². The van der Waals surface area contributed by atoms with Crippen LogP contribution in [-0.2, 0) is 26.0 Å². The number of ether oxygens (including phenoxy) is 2. The Kier molecular flexibility index (Phi) is 9.23. The van der Waals surface area contributed by atoms with Gasteiger partial charge in [0.15, 0.2) is 11.9 Å². The molecule has 0 radical (unpaired) electrons. The van der Waals surface area contributed by atoms with E-state index in [9.17, 15) is 13.2 Å². The quantitative estimate of drug-likeness (QED) is 0.191. The Bertz CT molecular complexity index is 1970. The van der Waals surface area contributed by atoms with Gasteiger partial charge in [0.25, 0.3) is 10.0 Å².